The van der Waals surface area contributed by atoms with Crippen molar-refractivity contribution in [3.8, 4) is 0 Å². The largest absolute Gasteiger partial charge is 0.348 e. The molecule has 1 heterocycles. The normalized spacial score (nSPS) is 10.4. The summed E-state index contributed by atoms with van der Waals surface area (Å²) in [5, 5.41) is 21.4. The van der Waals surface area contributed by atoms with E-state index < -0.39 is 21.2 Å². The molecule has 0 aliphatic carbocycles. The molecule has 0 bridgehead atoms. The predicted molar refractivity (Wildman–Crippen MR) is 57.6 cm³/mol. The van der Waals surface area contributed by atoms with Gasteiger partial charge < -0.3 is 0 Å². The Hall–Kier alpha value is -2.64. The third-order valence-electron chi connectivity index (χ3n) is 2.15. The zero-order valence-corrected chi connectivity index (χ0v) is 8.65. The van der Waals surface area contributed by atoms with Crippen molar-refractivity contribution in [2.24, 2.45) is 0 Å². The molecule has 0 spiro atoms. The SMILES string of the molecule is Cc1cnc2cc([N+](=O)[O-])c([N+](=O)[O-])cc2n1. The number of hydrogen-bond donors (Lipinski definition) is 0. The predicted octanol–water partition coefficient (Wildman–Crippen LogP) is 1.75. The quantitative estimate of drug-likeness (QED) is 0.577. The fourth-order valence-corrected chi connectivity index (χ4v) is 1.42. The van der Waals surface area contributed by atoms with Gasteiger partial charge in [0, 0.05) is 6.20 Å². The van der Waals surface area contributed by atoms with Crippen LogP contribution in [0.5, 0.6) is 0 Å². The highest BCUT2D eigenvalue weighted by Gasteiger charge is 2.25. The molecule has 0 aliphatic heterocycles. The summed E-state index contributed by atoms with van der Waals surface area (Å²) in [6.45, 7) is 1.68. The molecule has 86 valence electrons. The molecule has 0 fully saturated rings. The van der Waals surface area contributed by atoms with Crippen molar-refractivity contribution < 1.29 is 9.85 Å². The van der Waals surface area contributed by atoms with E-state index in [1.165, 1.54) is 6.20 Å². The maximum Gasteiger partial charge on any atom is 0.348 e. The Morgan fingerprint density at radius 3 is 2.12 bits per heavy atom. The summed E-state index contributed by atoms with van der Waals surface area (Å²) >= 11 is 0. The second-order valence-corrected chi connectivity index (χ2v) is 3.36. The Morgan fingerprint density at radius 2 is 1.59 bits per heavy atom. The smallest absolute Gasteiger partial charge is 0.258 e. The third-order valence-corrected chi connectivity index (χ3v) is 2.15. The number of hydrogen-bond acceptors (Lipinski definition) is 6. The zero-order valence-electron chi connectivity index (χ0n) is 8.65. The van der Waals surface area contributed by atoms with Gasteiger partial charge in [-0.3, -0.25) is 25.2 Å². The molecular formula is C9H6N4O4. The number of rotatable bonds is 2. The van der Waals surface area contributed by atoms with Crippen molar-refractivity contribution in [1.29, 1.82) is 0 Å². The van der Waals surface area contributed by atoms with Gasteiger partial charge in [0.2, 0.25) is 0 Å². The molecule has 0 radical (unpaired) electrons. The van der Waals surface area contributed by atoms with E-state index in [1.54, 1.807) is 6.92 Å². The van der Waals surface area contributed by atoms with Gasteiger partial charge in [-0.2, -0.15) is 0 Å². The summed E-state index contributed by atoms with van der Waals surface area (Å²) in [5.74, 6) is 0. The Kier molecular flexibility index (Phi) is 2.39. The molecule has 0 unspecified atom stereocenters. The van der Waals surface area contributed by atoms with E-state index in [2.05, 4.69) is 9.97 Å². The molecule has 0 saturated carbocycles. The van der Waals surface area contributed by atoms with Crippen molar-refractivity contribution in [1.82, 2.24) is 9.97 Å². The lowest BCUT2D eigenvalue weighted by atomic mass is 10.2. The second kappa shape index (κ2) is 3.74. The first-order valence-corrected chi connectivity index (χ1v) is 4.55. The average molecular weight is 234 g/mol. The standard InChI is InChI=1S/C9H6N4O4/c1-5-4-10-6-2-8(12(14)15)9(13(16)17)3-7(6)11-5/h2-4H,1H3. The van der Waals surface area contributed by atoms with Crippen LogP contribution in [-0.2, 0) is 0 Å². The van der Waals surface area contributed by atoms with Gasteiger partial charge in [0.1, 0.15) is 0 Å². The minimum atomic E-state index is -0.806. The van der Waals surface area contributed by atoms with Crippen LogP contribution in [0.3, 0.4) is 0 Å². The lowest BCUT2D eigenvalue weighted by Gasteiger charge is -1.99. The van der Waals surface area contributed by atoms with Gasteiger partial charge in [-0.1, -0.05) is 0 Å². The number of nitrogens with zero attached hydrogens (tertiary/aromatic N) is 4. The molecule has 8 nitrogen and oxygen atoms in total. The van der Waals surface area contributed by atoms with Crippen LogP contribution in [0.25, 0.3) is 11.0 Å². The van der Waals surface area contributed by atoms with Crippen LogP contribution in [-0.4, -0.2) is 19.8 Å². The third kappa shape index (κ3) is 1.87. The fourth-order valence-electron chi connectivity index (χ4n) is 1.42. The van der Waals surface area contributed by atoms with Crippen LogP contribution in [0.4, 0.5) is 11.4 Å². The first kappa shape index (κ1) is 10.9. The summed E-state index contributed by atoms with van der Waals surface area (Å²) < 4.78 is 0. The highest BCUT2D eigenvalue weighted by molar-refractivity contribution is 5.81. The molecule has 1 aromatic heterocycles. The van der Waals surface area contributed by atoms with E-state index in [0.717, 1.165) is 12.1 Å². The fraction of sp³-hybridized carbons (Fsp3) is 0.111. The second-order valence-electron chi connectivity index (χ2n) is 3.36. The van der Waals surface area contributed by atoms with Crippen LogP contribution in [0, 0.1) is 27.2 Å². The zero-order chi connectivity index (χ0) is 12.6. The highest BCUT2D eigenvalue weighted by atomic mass is 16.6. The molecule has 0 atom stereocenters. The molecule has 0 amide bonds. The highest BCUT2D eigenvalue weighted by Crippen LogP contribution is 2.30. The molecule has 0 saturated heterocycles. The maximum absolute atomic E-state index is 10.7. The van der Waals surface area contributed by atoms with Gasteiger partial charge in [-0.25, -0.2) is 4.98 Å². The van der Waals surface area contributed by atoms with Crippen molar-refractivity contribution in [2.75, 3.05) is 0 Å². The van der Waals surface area contributed by atoms with Gasteiger partial charge in [0.15, 0.2) is 0 Å². The van der Waals surface area contributed by atoms with Gasteiger partial charge in [-0.15, -0.1) is 0 Å². The van der Waals surface area contributed by atoms with Crippen LogP contribution in [0.1, 0.15) is 5.69 Å². The van der Waals surface area contributed by atoms with E-state index in [9.17, 15) is 20.2 Å². The van der Waals surface area contributed by atoms with E-state index in [-0.39, 0.29) is 11.0 Å². The monoisotopic (exact) mass is 234 g/mol. The Bertz CT molecular complexity index is 640. The van der Waals surface area contributed by atoms with E-state index in [1.807, 2.05) is 0 Å². The first-order valence-electron chi connectivity index (χ1n) is 4.55. The van der Waals surface area contributed by atoms with Gasteiger partial charge in [0.25, 0.3) is 0 Å². The molecule has 0 N–H and O–H groups in total. The number of benzene rings is 1. The molecule has 8 heteroatoms. The van der Waals surface area contributed by atoms with Crippen LogP contribution < -0.4 is 0 Å². The van der Waals surface area contributed by atoms with Crippen molar-refractivity contribution >= 4 is 22.4 Å². The Morgan fingerprint density at radius 1 is 1.06 bits per heavy atom. The van der Waals surface area contributed by atoms with Crippen molar-refractivity contribution in [3.63, 3.8) is 0 Å². The van der Waals surface area contributed by atoms with Crippen molar-refractivity contribution in [3.05, 3.63) is 44.3 Å². The molecule has 2 aromatic rings. The average Bonchev–Trinajstić information content (AvgIpc) is 2.26. The molecule has 0 aliphatic rings. The van der Waals surface area contributed by atoms with E-state index in [0.29, 0.717) is 5.69 Å². The lowest BCUT2D eigenvalue weighted by molar-refractivity contribution is -0.422. The van der Waals surface area contributed by atoms with E-state index in [4.69, 9.17) is 0 Å². The summed E-state index contributed by atoms with van der Waals surface area (Å²) in [6, 6.07) is 2.12. The minimum Gasteiger partial charge on any atom is -0.258 e. The van der Waals surface area contributed by atoms with Gasteiger partial charge in [0.05, 0.1) is 38.7 Å². The number of nitro benzene ring substituents is 2. The Balaban J connectivity index is 2.81. The van der Waals surface area contributed by atoms with Crippen molar-refractivity contribution in [2.45, 2.75) is 6.92 Å². The first-order chi connectivity index (χ1) is 7.99. The number of nitro groups is 2. The maximum atomic E-state index is 10.7. The molecular weight excluding hydrogens is 228 g/mol. The van der Waals surface area contributed by atoms with E-state index >= 15 is 0 Å². The molecule has 17 heavy (non-hydrogen) atoms. The number of fused-ring (bicyclic) bond motifs is 1. The van der Waals surface area contributed by atoms with Crippen LogP contribution in [0.15, 0.2) is 18.3 Å². The topological polar surface area (TPSA) is 112 Å². The summed E-state index contributed by atoms with van der Waals surface area (Å²) in [7, 11) is 0. The van der Waals surface area contributed by atoms with Gasteiger partial charge >= 0.3 is 11.4 Å². The minimum absolute atomic E-state index is 0.257. The Labute approximate surface area is 94.2 Å². The summed E-state index contributed by atoms with van der Waals surface area (Å²) in [5.41, 5.74) is -0.0566. The number of aryl methyl sites for hydroxylation is 1. The van der Waals surface area contributed by atoms with Crippen LogP contribution in [0.2, 0.25) is 0 Å². The van der Waals surface area contributed by atoms with Crippen LogP contribution >= 0.6 is 0 Å². The summed E-state index contributed by atoms with van der Waals surface area (Å²) in [6.07, 6.45) is 1.44. The molecule has 1 aromatic carbocycles. The number of aromatic nitrogens is 2. The molecule has 2 rings (SSSR count). The lowest BCUT2D eigenvalue weighted by Crippen LogP contribution is -1.98. The summed E-state index contributed by atoms with van der Waals surface area (Å²) in [4.78, 5) is 27.8. The van der Waals surface area contributed by atoms with Gasteiger partial charge in [-0.05, 0) is 6.92 Å².